The molecule has 0 radical (unpaired) electrons. The van der Waals surface area contributed by atoms with E-state index in [9.17, 15) is 20.1 Å². The maximum absolute atomic E-state index is 12.4. The van der Waals surface area contributed by atoms with Crippen molar-refractivity contribution >= 4 is 11.7 Å². The molecule has 1 aromatic rings. The van der Waals surface area contributed by atoms with Crippen LogP contribution in [0.4, 0.5) is 10.5 Å². The molecule has 1 aromatic carbocycles. The van der Waals surface area contributed by atoms with Gasteiger partial charge in [0.1, 0.15) is 0 Å². The summed E-state index contributed by atoms with van der Waals surface area (Å²) in [5.74, 6) is 0.706. The Bertz CT molecular complexity index is 600. The molecule has 4 aliphatic rings. The molecule has 23 heavy (non-hydrogen) atoms. The SMILES string of the molecule is O=C(Nc1cc(O)c(O)c(O)c1)NC12CC3CC(CC(C3)C1)C2. The summed E-state index contributed by atoms with van der Waals surface area (Å²) in [6.45, 7) is 0. The Morgan fingerprint density at radius 3 is 1.91 bits per heavy atom. The number of phenols is 3. The van der Waals surface area contributed by atoms with Crippen molar-refractivity contribution < 1.29 is 20.1 Å². The van der Waals surface area contributed by atoms with Crippen LogP contribution in [0.5, 0.6) is 17.2 Å². The summed E-state index contributed by atoms with van der Waals surface area (Å²) >= 11 is 0. The van der Waals surface area contributed by atoms with Crippen LogP contribution in [-0.4, -0.2) is 26.9 Å². The molecule has 0 saturated heterocycles. The first-order chi connectivity index (χ1) is 10.9. The monoisotopic (exact) mass is 318 g/mol. The molecule has 0 heterocycles. The molecule has 124 valence electrons. The summed E-state index contributed by atoms with van der Waals surface area (Å²) in [6.07, 6.45) is 7.09. The molecule has 6 nitrogen and oxygen atoms in total. The Morgan fingerprint density at radius 1 is 0.957 bits per heavy atom. The van der Waals surface area contributed by atoms with Crippen molar-refractivity contribution in [2.24, 2.45) is 17.8 Å². The Labute approximate surface area is 134 Å². The second-order valence-corrected chi connectivity index (χ2v) is 7.64. The molecule has 6 heteroatoms. The fraction of sp³-hybridized carbons (Fsp3) is 0.588. The molecule has 5 rings (SSSR count). The van der Waals surface area contributed by atoms with Crippen LogP contribution in [0.1, 0.15) is 38.5 Å². The number of rotatable bonds is 2. The molecule has 4 saturated carbocycles. The van der Waals surface area contributed by atoms with Crippen molar-refractivity contribution in [2.75, 3.05) is 5.32 Å². The largest absolute Gasteiger partial charge is 0.504 e. The van der Waals surface area contributed by atoms with Gasteiger partial charge >= 0.3 is 6.03 Å². The van der Waals surface area contributed by atoms with Crippen molar-refractivity contribution in [3.05, 3.63) is 12.1 Å². The zero-order valence-corrected chi connectivity index (χ0v) is 12.9. The van der Waals surface area contributed by atoms with E-state index in [2.05, 4.69) is 10.6 Å². The molecule has 4 fully saturated rings. The van der Waals surface area contributed by atoms with Gasteiger partial charge in [0.05, 0.1) is 5.69 Å². The third-order valence-electron chi connectivity index (χ3n) is 5.74. The molecule has 0 aromatic heterocycles. The molecule has 4 bridgehead atoms. The molecule has 2 amide bonds. The van der Waals surface area contributed by atoms with Crippen LogP contribution >= 0.6 is 0 Å². The lowest BCUT2D eigenvalue weighted by Crippen LogP contribution is -2.60. The molecule has 0 aliphatic heterocycles. The maximum atomic E-state index is 12.4. The van der Waals surface area contributed by atoms with Crippen LogP contribution in [0.3, 0.4) is 0 Å². The molecule has 0 spiro atoms. The highest BCUT2D eigenvalue weighted by Crippen LogP contribution is 2.55. The summed E-state index contributed by atoms with van der Waals surface area (Å²) in [6, 6.07) is 2.11. The van der Waals surface area contributed by atoms with Gasteiger partial charge in [0.15, 0.2) is 17.2 Å². The molecular weight excluding hydrogens is 296 g/mol. The van der Waals surface area contributed by atoms with Crippen molar-refractivity contribution in [1.82, 2.24) is 5.32 Å². The predicted octanol–water partition coefficient (Wildman–Crippen LogP) is 2.89. The van der Waals surface area contributed by atoms with Gasteiger partial charge in [-0.25, -0.2) is 4.79 Å². The van der Waals surface area contributed by atoms with Crippen LogP contribution in [0.15, 0.2) is 12.1 Å². The fourth-order valence-corrected chi connectivity index (χ4v) is 5.34. The first kappa shape index (κ1) is 14.5. The zero-order valence-electron chi connectivity index (χ0n) is 12.9. The minimum absolute atomic E-state index is 0.0974. The second-order valence-electron chi connectivity index (χ2n) is 7.64. The number of hydrogen-bond donors (Lipinski definition) is 5. The smallest absolute Gasteiger partial charge is 0.319 e. The molecule has 0 unspecified atom stereocenters. The summed E-state index contributed by atoms with van der Waals surface area (Å²) < 4.78 is 0. The highest BCUT2D eigenvalue weighted by atomic mass is 16.3. The number of carbonyl (C=O) groups is 1. The normalized spacial score (nSPS) is 34.3. The Morgan fingerprint density at radius 2 is 1.43 bits per heavy atom. The third kappa shape index (κ3) is 2.56. The first-order valence-corrected chi connectivity index (χ1v) is 8.26. The van der Waals surface area contributed by atoms with Gasteiger partial charge in [-0.2, -0.15) is 0 Å². The van der Waals surface area contributed by atoms with Crippen molar-refractivity contribution in [3.63, 3.8) is 0 Å². The van der Waals surface area contributed by atoms with Crippen LogP contribution in [0.2, 0.25) is 0 Å². The minimum atomic E-state index is -0.586. The van der Waals surface area contributed by atoms with E-state index < -0.39 is 17.2 Å². The Hall–Kier alpha value is -2.11. The van der Waals surface area contributed by atoms with E-state index in [1.54, 1.807) is 0 Å². The van der Waals surface area contributed by atoms with E-state index in [4.69, 9.17) is 0 Å². The van der Waals surface area contributed by atoms with Gasteiger partial charge < -0.3 is 26.0 Å². The van der Waals surface area contributed by atoms with E-state index >= 15 is 0 Å². The molecule has 0 atom stereocenters. The van der Waals surface area contributed by atoms with Gasteiger partial charge in [-0.15, -0.1) is 0 Å². The lowest BCUT2D eigenvalue weighted by Gasteiger charge is -2.56. The zero-order chi connectivity index (χ0) is 16.2. The van der Waals surface area contributed by atoms with E-state index in [0.29, 0.717) is 0 Å². The summed E-state index contributed by atoms with van der Waals surface area (Å²) in [7, 11) is 0. The van der Waals surface area contributed by atoms with Gasteiger partial charge in [0.2, 0.25) is 0 Å². The summed E-state index contributed by atoms with van der Waals surface area (Å²) in [4.78, 5) is 12.4. The number of aromatic hydroxyl groups is 3. The van der Waals surface area contributed by atoms with E-state index in [-0.39, 0.29) is 17.3 Å². The predicted molar refractivity (Wildman–Crippen MR) is 84.5 cm³/mol. The Balaban J connectivity index is 1.46. The molecular formula is C17H22N2O4. The fourth-order valence-electron chi connectivity index (χ4n) is 5.34. The highest BCUT2D eigenvalue weighted by molar-refractivity contribution is 5.90. The standard InChI is InChI=1S/C17H22N2O4/c20-13-4-12(5-14(21)15(13)22)18-16(23)19-17-6-9-1-10(7-17)3-11(2-9)8-17/h4-5,9-11,20-22H,1-3,6-8H2,(H2,18,19,23). The van der Waals surface area contributed by atoms with Crippen LogP contribution < -0.4 is 10.6 Å². The van der Waals surface area contributed by atoms with Crippen molar-refractivity contribution in [1.29, 1.82) is 0 Å². The number of carbonyl (C=O) groups excluding carboxylic acids is 1. The van der Waals surface area contributed by atoms with Crippen LogP contribution in [0, 0.1) is 17.8 Å². The second kappa shape index (κ2) is 4.94. The number of nitrogens with one attached hydrogen (secondary N) is 2. The van der Waals surface area contributed by atoms with Gasteiger partial charge in [-0.3, -0.25) is 0 Å². The van der Waals surface area contributed by atoms with E-state index in [1.807, 2.05) is 0 Å². The number of amides is 2. The first-order valence-electron chi connectivity index (χ1n) is 8.26. The highest BCUT2D eigenvalue weighted by Gasteiger charge is 2.51. The minimum Gasteiger partial charge on any atom is -0.504 e. The average molecular weight is 318 g/mol. The molecule has 4 aliphatic carbocycles. The topological polar surface area (TPSA) is 102 Å². The maximum Gasteiger partial charge on any atom is 0.319 e. The average Bonchev–Trinajstić information content (AvgIpc) is 2.42. The van der Waals surface area contributed by atoms with Crippen molar-refractivity contribution in [3.8, 4) is 17.2 Å². The van der Waals surface area contributed by atoms with Crippen LogP contribution in [0.25, 0.3) is 0 Å². The van der Waals surface area contributed by atoms with Crippen molar-refractivity contribution in [2.45, 2.75) is 44.1 Å². The van der Waals surface area contributed by atoms with E-state index in [1.165, 1.54) is 31.4 Å². The number of benzene rings is 1. The van der Waals surface area contributed by atoms with Gasteiger partial charge in [0.25, 0.3) is 0 Å². The quantitative estimate of drug-likeness (QED) is 0.427. The number of anilines is 1. The number of hydrogen-bond acceptors (Lipinski definition) is 4. The number of phenolic OH excluding ortho intramolecular Hbond substituents is 3. The Kier molecular flexibility index (Phi) is 3.11. The molecule has 5 N–H and O–H groups in total. The van der Waals surface area contributed by atoms with E-state index in [0.717, 1.165) is 37.0 Å². The third-order valence-corrected chi connectivity index (χ3v) is 5.74. The number of urea groups is 1. The summed E-state index contributed by atoms with van der Waals surface area (Å²) in [5.41, 5.74) is 0.153. The van der Waals surface area contributed by atoms with Gasteiger partial charge in [0, 0.05) is 17.7 Å². The summed E-state index contributed by atoms with van der Waals surface area (Å²) in [5, 5.41) is 34.2. The van der Waals surface area contributed by atoms with Gasteiger partial charge in [-0.05, 0) is 56.3 Å². The van der Waals surface area contributed by atoms with Crippen LogP contribution in [-0.2, 0) is 0 Å². The lowest BCUT2D eigenvalue weighted by atomic mass is 9.53. The van der Waals surface area contributed by atoms with Gasteiger partial charge in [-0.1, -0.05) is 0 Å². The lowest BCUT2D eigenvalue weighted by molar-refractivity contribution is -0.0127.